The second-order valence-electron chi connectivity index (χ2n) is 4.59. The fourth-order valence-corrected chi connectivity index (χ4v) is 2.39. The molecule has 0 radical (unpaired) electrons. The van der Waals surface area contributed by atoms with E-state index in [-0.39, 0.29) is 17.9 Å². The Labute approximate surface area is 125 Å². The summed E-state index contributed by atoms with van der Waals surface area (Å²) in [6.07, 6.45) is 2.93. The minimum Gasteiger partial charge on any atom is -0.370 e. The normalized spacial score (nSPS) is 17.7. The number of anilines is 1. The van der Waals surface area contributed by atoms with Gasteiger partial charge in [-0.25, -0.2) is 4.98 Å². The number of rotatable bonds is 5. The molecule has 1 fully saturated rings. The zero-order chi connectivity index (χ0) is 14.5. The van der Waals surface area contributed by atoms with Crippen LogP contribution in [0.15, 0.2) is 16.7 Å². The molecule has 0 bridgehead atoms. The fraction of sp³-hybridized carbons (Fsp3) is 0.462. The molecule has 0 aliphatic carbocycles. The summed E-state index contributed by atoms with van der Waals surface area (Å²) in [6, 6.07) is 1.75. The Balaban J connectivity index is 2.00. The van der Waals surface area contributed by atoms with E-state index in [1.165, 1.54) is 0 Å². The number of nitrogens with zero attached hydrogens (tertiary/aromatic N) is 1. The van der Waals surface area contributed by atoms with Crippen LogP contribution in [0.1, 0.15) is 30.1 Å². The molecule has 1 aromatic rings. The summed E-state index contributed by atoms with van der Waals surface area (Å²) in [5.74, 6) is 0.404. The van der Waals surface area contributed by atoms with Gasteiger partial charge in [-0.1, -0.05) is 0 Å². The van der Waals surface area contributed by atoms with Gasteiger partial charge in [0.25, 0.3) is 5.91 Å². The van der Waals surface area contributed by atoms with Gasteiger partial charge in [-0.15, -0.1) is 0 Å². The highest BCUT2D eigenvalue weighted by Gasteiger charge is 2.22. The molecule has 2 rings (SSSR count). The summed E-state index contributed by atoms with van der Waals surface area (Å²) < 4.78 is 0.749. The van der Waals surface area contributed by atoms with Gasteiger partial charge in [-0.3, -0.25) is 9.59 Å². The standard InChI is InChI=1S/C13H17BrN4O2/c1-2-15-12-10(5-8(14)6-16-12)13(20)17-7-9-3-4-11(19)18-9/h5-6,9H,2-4,7H2,1H3,(H,15,16)(H,17,20)(H,18,19). The van der Waals surface area contributed by atoms with Crippen LogP contribution in [0.25, 0.3) is 0 Å². The van der Waals surface area contributed by atoms with Gasteiger partial charge < -0.3 is 16.0 Å². The zero-order valence-electron chi connectivity index (χ0n) is 11.2. The number of carbonyl (C=O) groups is 2. The van der Waals surface area contributed by atoms with Crippen molar-refractivity contribution in [1.82, 2.24) is 15.6 Å². The lowest BCUT2D eigenvalue weighted by molar-refractivity contribution is -0.119. The van der Waals surface area contributed by atoms with Gasteiger partial charge >= 0.3 is 0 Å². The topological polar surface area (TPSA) is 83.1 Å². The number of hydrogen-bond acceptors (Lipinski definition) is 4. The summed E-state index contributed by atoms with van der Waals surface area (Å²) >= 11 is 3.31. The summed E-state index contributed by atoms with van der Waals surface area (Å²) in [4.78, 5) is 27.5. The first-order valence-electron chi connectivity index (χ1n) is 6.57. The van der Waals surface area contributed by atoms with Crippen molar-refractivity contribution in [1.29, 1.82) is 0 Å². The van der Waals surface area contributed by atoms with Gasteiger partial charge in [0.15, 0.2) is 0 Å². The highest BCUT2D eigenvalue weighted by molar-refractivity contribution is 9.10. The van der Waals surface area contributed by atoms with Crippen molar-refractivity contribution < 1.29 is 9.59 Å². The number of aromatic nitrogens is 1. The molecule has 1 saturated heterocycles. The Morgan fingerprint density at radius 1 is 1.60 bits per heavy atom. The van der Waals surface area contributed by atoms with Crippen molar-refractivity contribution in [3.05, 3.63) is 22.3 Å². The number of hydrogen-bond donors (Lipinski definition) is 3. The number of pyridine rings is 1. The third-order valence-corrected chi connectivity index (χ3v) is 3.47. The Morgan fingerprint density at radius 3 is 3.05 bits per heavy atom. The number of carbonyl (C=O) groups excluding carboxylic acids is 2. The van der Waals surface area contributed by atoms with Gasteiger partial charge in [0, 0.05) is 36.2 Å². The maximum absolute atomic E-state index is 12.2. The van der Waals surface area contributed by atoms with Gasteiger partial charge in [-0.2, -0.15) is 0 Å². The average molecular weight is 341 g/mol. The molecule has 0 spiro atoms. The maximum Gasteiger partial charge on any atom is 0.255 e. The minimum atomic E-state index is -0.198. The Bertz CT molecular complexity index is 521. The maximum atomic E-state index is 12.2. The van der Waals surface area contributed by atoms with Crippen LogP contribution in [0.4, 0.5) is 5.82 Å². The SMILES string of the molecule is CCNc1ncc(Br)cc1C(=O)NCC1CCC(=O)N1. The molecule has 108 valence electrons. The van der Waals surface area contributed by atoms with Crippen LogP contribution < -0.4 is 16.0 Å². The van der Waals surface area contributed by atoms with Crippen LogP contribution >= 0.6 is 15.9 Å². The molecule has 1 atom stereocenters. The molecule has 2 amide bonds. The monoisotopic (exact) mass is 340 g/mol. The molecule has 0 saturated carbocycles. The molecule has 1 unspecified atom stereocenters. The van der Waals surface area contributed by atoms with Gasteiger partial charge in [0.1, 0.15) is 5.82 Å². The second kappa shape index (κ2) is 6.69. The van der Waals surface area contributed by atoms with E-state index in [2.05, 4.69) is 36.9 Å². The second-order valence-corrected chi connectivity index (χ2v) is 5.51. The molecule has 1 aliphatic rings. The van der Waals surface area contributed by atoms with Crippen LogP contribution in [-0.2, 0) is 4.79 Å². The van der Waals surface area contributed by atoms with Crippen LogP contribution in [0.2, 0.25) is 0 Å². The molecule has 3 N–H and O–H groups in total. The highest BCUT2D eigenvalue weighted by Crippen LogP contribution is 2.18. The Kier molecular flexibility index (Phi) is 4.94. The molecule has 7 heteroatoms. The molecular formula is C13H17BrN4O2. The Morgan fingerprint density at radius 2 is 2.40 bits per heavy atom. The molecule has 2 heterocycles. The minimum absolute atomic E-state index is 0.0224. The largest absolute Gasteiger partial charge is 0.370 e. The lowest BCUT2D eigenvalue weighted by atomic mass is 10.2. The summed E-state index contributed by atoms with van der Waals surface area (Å²) in [5.41, 5.74) is 0.491. The summed E-state index contributed by atoms with van der Waals surface area (Å²) in [7, 11) is 0. The van der Waals surface area contributed by atoms with Crippen molar-refractivity contribution in [2.75, 3.05) is 18.4 Å². The fourth-order valence-electron chi connectivity index (χ4n) is 2.06. The number of halogens is 1. The zero-order valence-corrected chi connectivity index (χ0v) is 12.8. The number of nitrogens with one attached hydrogen (secondary N) is 3. The average Bonchev–Trinajstić information content (AvgIpc) is 2.84. The van der Waals surface area contributed by atoms with Crippen molar-refractivity contribution in [2.24, 2.45) is 0 Å². The van der Waals surface area contributed by atoms with Crippen molar-refractivity contribution in [3.8, 4) is 0 Å². The van der Waals surface area contributed by atoms with Crippen LogP contribution in [0.3, 0.4) is 0 Å². The van der Waals surface area contributed by atoms with Crippen LogP contribution in [0.5, 0.6) is 0 Å². The first kappa shape index (κ1) is 14.8. The third kappa shape index (κ3) is 3.69. The molecule has 0 aromatic carbocycles. The lowest BCUT2D eigenvalue weighted by Gasteiger charge is -2.13. The quantitative estimate of drug-likeness (QED) is 0.754. The van der Waals surface area contributed by atoms with E-state index in [0.717, 1.165) is 10.9 Å². The van der Waals surface area contributed by atoms with Gasteiger partial charge in [-0.05, 0) is 35.3 Å². The van der Waals surface area contributed by atoms with E-state index in [4.69, 9.17) is 0 Å². The van der Waals surface area contributed by atoms with E-state index in [9.17, 15) is 9.59 Å². The van der Waals surface area contributed by atoms with Gasteiger partial charge in [0.05, 0.1) is 5.56 Å². The van der Waals surface area contributed by atoms with Crippen molar-refractivity contribution in [2.45, 2.75) is 25.8 Å². The molecule has 20 heavy (non-hydrogen) atoms. The predicted molar refractivity (Wildman–Crippen MR) is 79.6 cm³/mol. The third-order valence-electron chi connectivity index (χ3n) is 3.04. The first-order chi connectivity index (χ1) is 9.60. The molecular weight excluding hydrogens is 324 g/mol. The Hall–Kier alpha value is -1.63. The van der Waals surface area contributed by atoms with E-state index < -0.39 is 0 Å². The summed E-state index contributed by atoms with van der Waals surface area (Å²) in [5, 5.41) is 8.71. The van der Waals surface area contributed by atoms with E-state index in [1.807, 2.05) is 6.92 Å². The highest BCUT2D eigenvalue weighted by atomic mass is 79.9. The molecule has 6 nitrogen and oxygen atoms in total. The van der Waals surface area contributed by atoms with E-state index in [0.29, 0.717) is 30.9 Å². The lowest BCUT2D eigenvalue weighted by Crippen LogP contribution is -2.38. The van der Waals surface area contributed by atoms with Crippen molar-refractivity contribution in [3.63, 3.8) is 0 Å². The predicted octanol–water partition coefficient (Wildman–Crippen LogP) is 1.28. The summed E-state index contributed by atoms with van der Waals surface area (Å²) in [6.45, 7) is 3.07. The van der Waals surface area contributed by atoms with Crippen molar-refractivity contribution >= 4 is 33.6 Å². The van der Waals surface area contributed by atoms with Gasteiger partial charge in [0.2, 0.25) is 5.91 Å². The smallest absolute Gasteiger partial charge is 0.255 e. The molecule has 1 aromatic heterocycles. The van der Waals surface area contributed by atoms with E-state index in [1.54, 1.807) is 12.3 Å². The first-order valence-corrected chi connectivity index (χ1v) is 7.36. The van der Waals surface area contributed by atoms with E-state index >= 15 is 0 Å². The van der Waals surface area contributed by atoms with Crippen LogP contribution in [0, 0.1) is 0 Å². The molecule has 1 aliphatic heterocycles. The van der Waals surface area contributed by atoms with Crippen LogP contribution in [-0.4, -0.2) is 35.9 Å². The number of amides is 2.